The van der Waals surface area contributed by atoms with Crippen molar-refractivity contribution < 1.29 is 17.9 Å². The van der Waals surface area contributed by atoms with Crippen LogP contribution >= 0.6 is 11.6 Å². The van der Waals surface area contributed by atoms with Crippen molar-refractivity contribution in [3.05, 3.63) is 52.3 Å². The molecule has 0 saturated carbocycles. The number of aryl methyl sites for hydroxylation is 1. The van der Waals surface area contributed by atoms with Gasteiger partial charge < -0.3 is 4.74 Å². The SMILES string of the molecule is CCCCCc1ccc(-c2ccc(OCCCC)c(F)c2F)c(Cl)c1F. The van der Waals surface area contributed by atoms with Crippen LogP contribution in [-0.2, 0) is 6.42 Å². The molecule has 0 bridgehead atoms. The molecule has 0 spiro atoms. The van der Waals surface area contributed by atoms with E-state index in [0.717, 1.165) is 32.1 Å². The van der Waals surface area contributed by atoms with E-state index in [-0.39, 0.29) is 21.9 Å². The van der Waals surface area contributed by atoms with Crippen LogP contribution in [0.25, 0.3) is 11.1 Å². The quantitative estimate of drug-likeness (QED) is 0.411. The molecule has 2 aromatic rings. The predicted molar refractivity (Wildman–Crippen MR) is 100 cm³/mol. The summed E-state index contributed by atoms with van der Waals surface area (Å²) in [5, 5.41) is -0.183. The lowest BCUT2D eigenvalue weighted by atomic mass is 9.99. The summed E-state index contributed by atoms with van der Waals surface area (Å²) >= 11 is 6.12. The highest BCUT2D eigenvalue weighted by atomic mass is 35.5. The predicted octanol–water partition coefficient (Wildman–Crippen LogP) is 7.34. The van der Waals surface area contributed by atoms with Crippen LogP contribution in [0, 0.1) is 17.5 Å². The molecule has 0 amide bonds. The molecule has 0 atom stereocenters. The van der Waals surface area contributed by atoms with Crippen molar-refractivity contribution in [3.8, 4) is 16.9 Å². The smallest absolute Gasteiger partial charge is 0.201 e. The van der Waals surface area contributed by atoms with E-state index in [1.807, 2.05) is 6.92 Å². The number of ether oxygens (including phenoxy) is 1. The van der Waals surface area contributed by atoms with E-state index in [1.165, 1.54) is 12.1 Å². The van der Waals surface area contributed by atoms with Crippen molar-refractivity contribution in [1.29, 1.82) is 0 Å². The lowest BCUT2D eigenvalue weighted by Crippen LogP contribution is -2.02. The zero-order chi connectivity index (χ0) is 19.1. The van der Waals surface area contributed by atoms with Crippen molar-refractivity contribution in [2.24, 2.45) is 0 Å². The van der Waals surface area contributed by atoms with E-state index in [4.69, 9.17) is 16.3 Å². The van der Waals surface area contributed by atoms with Crippen LogP contribution in [-0.4, -0.2) is 6.61 Å². The molecule has 0 aliphatic rings. The van der Waals surface area contributed by atoms with Gasteiger partial charge in [-0.25, -0.2) is 8.78 Å². The summed E-state index contributed by atoms with van der Waals surface area (Å²) in [6.07, 6.45) is 5.10. The normalized spacial score (nSPS) is 11.0. The van der Waals surface area contributed by atoms with Gasteiger partial charge in [-0.2, -0.15) is 4.39 Å². The van der Waals surface area contributed by atoms with Gasteiger partial charge in [-0.3, -0.25) is 0 Å². The molecule has 0 fully saturated rings. The molecule has 0 aliphatic carbocycles. The molecule has 26 heavy (non-hydrogen) atoms. The van der Waals surface area contributed by atoms with Crippen LogP contribution in [0.3, 0.4) is 0 Å². The molecule has 2 rings (SSSR count). The number of hydrogen-bond acceptors (Lipinski definition) is 1. The molecule has 142 valence electrons. The lowest BCUT2D eigenvalue weighted by molar-refractivity contribution is 0.289. The fraction of sp³-hybridized carbons (Fsp3) is 0.429. The number of rotatable bonds is 9. The van der Waals surface area contributed by atoms with Crippen molar-refractivity contribution in [3.63, 3.8) is 0 Å². The Labute approximate surface area is 158 Å². The van der Waals surface area contributed by atoms with E-state index in [2.05, 4.69) is 6.92 Å². The third-order valence-corrected chi connectivity index (χ3v) is 4.67. The zero-order valence-corrected chi connectivity index (χ0v) is 15.9. The minimum Gasteiger partial charge on any atom is -0.490 e. The summed E-state index contributed by atoms with van der Waals surface area (Å²) in [6.45, 7) is 4.36. The van der Waals surface area contributed by atoms with Gasteiger partial charge in [-0.1, -0.05) is 56.8 Å². The Morgan fingerprint density at radius 2 is 1.50 bits per heavy atom. The Morgan fingerprint density at radius 1 is 0.808 bits per heavy atom. The van der Waals surface area contributed by atoms with Crippen LogP contribution in [0.4, 0.5) is 13.2 Å². The Morgan fingerprint density at radius 3 is 2.19 bits per heavy atom. The highest BCUT2D eigenvalue weighted by molar-refractivity contribution is 6.33. The van der Waals surface area contributed by atoms with Gasteiger partial charge in [0.15, 0.2) is 11.6 Å². The van der Waals surface area contributed by atoms with Gasteiger partial charge in [-0.05, 0) is 37.0 Å². The zero-order valence-electron chi connectivity index (χ0n) is 15.2. The van der Waals surface area contributed by atoms with E-state index >= 15 is 0 Å². The van der Waals surface area contributed by atoms with E-state index in [9.17, 15) is 13.2 Å². The second-order valence-electron chi connectivity index (χ2n) is 6.30. The van der Waals surface area contributed by atoms with E-state index < -0.39 is 17.5 Å². The third kappa shape index (κ3) is 4.73. The Hall–Kier alpha value is -1.68. The molecular weight excluding hydrogens is 361 g/mol. The average molecular weight is 385 g/mol. The maximum absolute atomic E-state index is 14.5. The van der Waals surface area contributed by atoms with Gasteiger partial charge in [0, 0.05) is 11.1 Å². The molecule has 1 nitrogen and oxygen atoms in total. The van der Waals surface area contributed by atoms with Crippen molar-refractivity contribution in [2.75, 3.05) is 6.61 Å². The summed E-state index contributed by atoms with van der Waals surface area (Å²) in [6, 6.07) is 5.86. The maximum Gasteiger partial charge on any atom is 0.201 e. The third-order valence-electron chi connectivity index (χ3n) is 4.30. The van der Waals surface area contributed by atoms with Gasteiger partial charge in [-0.15, -0.1) is 0 Å². The first-order valence-corrected chi connectivity index (χ1v) is 9.47. The summed E-state index contributed by atoms with van der Waals surface area (Å²) in [4.78, 5) is 0. The minimum atomic E-state index is -1.08. The molecule has 0 aliphatic heterocycles. The first kappa shape index (κ1) is 20.6. The number of hydrogen-bond donors (Lipinski definition) is 0. The van der Waals surface area contributed by atoms with Crippen LogP contribution in [0.2, 0.25) is 5.02 Å². The maximum atomic E-state index is 14.5. The summed E-state index contributed by atoms with van der Waals surface area (Å²) in [5.41, 5.74) is 0.557. The molecule has 0 radical (unpaired) electrons. The summed E-state index contributed by atoms with van der Waals surface area (Å²) < 4.78 is 48.5. The minimum absolute atomic E-state index is 0.0747. The Bertz CT molecular complexity index is 683. The second-order valence-corrected chi connectivity index (χ2v) is 6.68. The number of unbranched alkanes of at least 4 members (excludes halogenated alkanes) is 3. The largest absolute Gasteiger partial charge is 0.490 e. The first-order chi connectivity index (χ1) is 12.5. The fourth-order valence-corrected chi connectivity index (χ4v) is 3.02. The van der Waals surface area contributed by atoms with Crippen molar-refractivity contribution in [1.82, 2.24) is 0 Å². The summed E-state index contributed by atoms with van der Waals surface area (Å²) in [7, 11) is 0. The standard InChI is InChI=1S/C21H24ClF3O/c1-3-5-7-8-14-9-10-15(18(22)19(14)23)16-11-12-17(21(25)20(16)24)26-13-6-4-2/h9-12H,3-8,13H2,1-2H3. The molecule has 0 unspecified atom stereocenters. The van der Waals surface area contributed by atoms with E-state index in [0.29, 0.717) is 18.6 Å². The second kappa shape index (κ2) is 9.86. The van der Waals surface area contributed by atoms with Crippen molar-refractivity contribution >= 4 is 11.6 Å². The molecule has 0 N–H and O–H groups in total. The molecule has 0 heterocycles. The Balaban J connectivity index is 2.30. The number of benzene rings is 2. The average Bonchev–Trinajstić information content (AvgIpc) is 2.63. The van der Waals surface area contributed by atoms with Crippen LogP contribution in [0.1, 0.15) is 51.5 Å². The molecule has 0 aromatic heterocycles. The van der Waals surface area contributed by atoms with Crippen LogP contribution < -0.4 is 4.74 Å². The number of halogens is 4. The van der Waals surface area contributed by atoms with Gasteiger partial charge in [0.25, 0.3) is 0 Å². The molecule has 0 saturated heterocycles. The molecular formula is C21H24ClF3O. The summed E-state index contributed by atoms with van der Waals surface area (Å²) in [5.74, 6) is -2.88. The van der Waals surface area contributed by atoms with Crippen molar-refractivity contribution in [2.45, 2.75) is 52.4 Å². The fourth-order valence-electron chi connectivity index (χ4n) is 2.73. The molecule has 5 heteroatoms. The highest BCUT2D eigenvalue weighted by Crippen LogP contribution is 2.36. The van der Waals surface area contributed by atoms with E-state index in [1.54, 1.807) is 12.1 Å². The van der Waals surface area contributed by atoms with Gasteiger partial charge >= 0.3 is 0 Å². The first-order valence-electron chi connectivity index (χ1n) is 9.09. The lowest BCUT2D eigenvalue weighted by Gasteiger charge is -2.13. The van der Waals surface area contributed by atoms with Crippen LogP contribution in [0.15, 0.2) is 24.3 Å². The van der Waals surface area contributed by atoms with Gasteiger partial charge in [0.2, 0.25) is 5.82 Å². The van der Waals surface area contributed by atoms with Gasteiger partial charge in [0.05, 0.1) is 11.6 Å². The topological polar surface area (TPSA) is 9.23 Å². The monoisotopic (exact) mass is 384 g/mol. The Kier molecular flexibility index (Phi) is 7.83. The van der Waals surface area contributed by atoms with Crippen LogP contribution in [0.5, 0.6) is 5.75 Å². The van der Waals surface area contributed by atoms with Gasteiger partial charge in [0.1, 0.15) is 5.82 Å². The molecule has 2 aromatic carbocycles. The highest BCUT2D eigenvalue weighted by Gasteiger charge is 2.20.